The Labute approximate surface area is 145 Å². The Hall–Kier alpha value is -2.68. The highest BCUT2D eigenvalue weighted by molar-refractivity contribution is 9.10. The van der Waals surface area contributed by atoms with Crippen LogP contribution in [-0.4, -0.2) is 59.4 Å². The van der Waals surface area contributed by atoms with Crippen LogP contribution in [0.2, 0.25) is 0 Å². The minimum atomic E-state index is -1.11. The van der Waals surface area contributed by atoms with Crippen LogP contribution < -0.4 is 4.74 Å². The summed E-state index contributed by atoms with van der Waals surface area (Å²) in [5.41, 5.74) is 0.364. The second-order valence-corrected chi connectivity index (χ2v) is 5.80. The summed E-state index contributed by atoms with van der Waals surface area (Å²) in [7, 11) is 2.58. The summed E-state index contributed by atoms with van der Waals surface area (Å²) < 4.78 is 5.54. The number of barbiturate groups is 1. The molecule has 1 aliphatic rings. The van der Waals surface area contributed by atoms with Crippen LogP contribution in [0.3, 0.4) is 0 Å². The van der Waals surface area contributed by atoms with Gasteiger partial charge in [-0.3, -0.25) is 19.4 Å². The van der Waals surface area contributed by atoms with Crippen molar-refractivity contribution in [2.75, 3.05) is 20.7 Å². The molecule has 8 nitrogen and oxygen atoms in total. The van der Waals surface area contributed by atoms with Gasteiger partial charge in [-0.1, -0.05) is 6.07 Å². The fourth-order valence-electron chi connectivity index (χ4n) is 2.01. The Morgan fingerprint density at radius 1 is 1.21 bits per heavy atom. The Bertz CT molecular complexity index is 747. The average molecular weight is 397 g/mol. The largest absolute Gasteiger partial charge is 0.481 e. The number of aliphatic carboxylic acids is 1. The number of likely N-dealkylation sites (N-methyl/N-ethyl adjacent to an activating group) is 2. The molecule has 4 amide bonds. The smallest absolute Gasteiger partial charge is 0.341 e. The Morgan fingerprint density at radius 2 is 1.79 bits per heavy atom. The predicted molar refractivity (Wildman–Crippen MR) is 86.2 cm³/mol. The van der Waals surface area contributed by atoms with E-state index < -0.39 is 30.4 Å². The third kappa shape index (κ3) is 3.46. The minimum Gasteiger partial charge on any atom is -0.481 e. The van der Waals surface area contributed by atoms with E-state index in [0.29, 0.717) is 15.8 Å². The van der Waals surface area contributed by atoms with E-state index in [4.69, 9.17) is 9.84 Å². The summed E-state index contributed by atoms with van der Waals surface area (Å²) in [6.07, 6.45) is 1.36. The van der Waals surface area contributed by atoms with Crippen molar-refractivity contribution in [2.45, 2.75) is 0 Å². The molecule has 24 heavy (non-hydrogen) atoms. The van der Waals surface area contributed by atoms with E-state index in [1.807, 2.05) is 0 Å². The summed E-state index contributed by atoms with van der Waals surface area (Å²) in [6, 6.07) is 3.95. The molecule has 0 spiro atoms. The van der Waals surface area contributed by atoms with Gasteiger partial charge in [-0.05, 0) is 39.7 Å². The summed E-state index contributed by atoms with van der Waals surface area (Å²) >= 11 is 3.23. The van der Waals surface area contributed by atoms with Crippen LogP contribution in [0.1, 0.15) is 5.56 Å². The molecule has 1 heterocycles. The second kappa shape index (κ2) is 6.83. The van der Waals surface area contributed by atoms with Crippen molar-refractivity contribution in [3.63, 3.8) is 0 Å². The summed E-state index contributed by atoms with van der Waals surface area (Å²) in [6.45, 7) is -0.492. The van der Waals surface area contributed by atoms with Gasteiger partial charge in [0.2, 0.25) is 0 Å². The van der Waals surface area contributed by atoms with Crippen molar-refractivity contribution < 1.29 is 29.0 Å². The molecule has 1 fully saturated rings. The van der Waals surface area contributed by atoms with Gasteiger partial charge in [0.15, 0.2) is 6.61 Å². The standard InChI is InChI=1S/C15H13BrN2O6/c1-17-13(21)9(14(22)18(2)15(17)23)5-8-3-4-11(10(16)6-8)24-7-12(19)20/h3-6H,7H2,1-2H3,(H,19,20). The third-order valence-corrected chi connectivity index (χ3v) is 3.88. The monoisotopic (exact) mass is 396 g/mol. The van der Waals surface area contributed by atoms with Gasteiger partial charge in [-0.15, -0.1) is 0 Å². The van der Waals surface area contributed by atoms with Crippen molar-refractivity contribution in [3.8, 4) is 5.75 Å². The molecule has 9 heteroatoms. The number of carboxylic acids is 1. The van der Waals surface area contributed by atoms with Gasteiger partial charge < -0.3 is 9.84 Å². The fourth-order valence-corrected chi connectivity index (χ4v) is 2.52. The topological polar surface area (TPSA) is 104 Å². The summed E-state index contributed by atoms with van der Waals surface area (Å²) in [4.78, 5) is 48.1. The minimum absolute atomic E-state index is 0.147. The molecule has 1 saturated heterocycles. The van der Waals surface area contributed by atoms with E-state index in [9.17, 15) is 19.2 Å². The predicted octanol–water partition coefficient (Wildman–Crippen LogP) is 1.35. The van der Waals surface area contributed by atoms with Gasteiger partial charge in [0, 0.05) is 14.1 Å². The number of hydrogen-bond acceptors (Lipinski definition) is 5. The molecule has 0 aliphatic carbocycles. The van der Waals surface area contributed by atoms with E-state index in [1.165, 1.54) is 26.2 Å². The number of urea groups is 1. The van der Waals surface area contributed by atoms with Crippen molar-refractivity contribution in [2.24, 2.45) is 0 Å². The maximum Gasteiger partial charge on any atom is 0.341 e. The van der Waals surface area contributed by atoms with E-state index in [1.54, 1.807) is 12.1 Å². The van der Waals surface area contributed by atoms with Gasteiger partial charge in [0.1, 0.15) is 11.3 Å². The van der Waals surface area contributed by atoms with Gasteiger partial charge >= 0.3 is 12.0 Å². The number of nitrogens with zero attached hydrogens (tertiary/aromatic N) is 2. The number of amides is 4. The van der Waals surface area contributed by atoms with Gasteiger partial charge in [-0.25, -0.2) is 9.59 Å². The second-order valence-electron chi connectivity index (χ2n) is 4.94. The zero-order valence-corrected chi connectivity index (χ0v) is 14.4. The summed E-state index contributed by atoms with van der Waals surface area (Å²) in [5.74, 6) is -2.18. The third-order valence-electron chi connectivity index (χ3n) is 3.26. The number of imide groups is 2. The molecule has 0 aromatic heterocycles. The van der Waals surface area contributed by atoms with Crippen LogP contribution in [-0.2, 0) is 14.4 Å². The zero-order chi connectivity index (χ0) is 18.0. The number of ether oxygens (including phenoxy) is 1. The van der Waals surface area contributed by atoms with Gasteiger partial charge in [0.25, 0.3) is 11.8 Å². The SMILES string of the molecule is CN1C(=O)C(=Cc2ccc(OCC(=O)O)c(Br)c2)C(=O)N(C)C1=O. The molecular formula is C15H13BrN2O6. The quantitative estimate of drug-likeness (QED) is 0.608. The highest BCUT2D eigenvalue weighted by Gasteiger charge is 2.37. The van der Waals surface area contributed by atoms with Crippen LogP contribution in [0.4, 0.5) is 4.79 Å². The normalized spacial score (nSPS) is 15.0. The highest BCUT2D eigenvalue weighted by Crippen LogP contribution is 2.27. The molecule has 1 aliphatic heterocycles. The molecule has 0 unspecified atom stereocenters. The van der Waals surface area contributed by atoms with Crippen LogP contribution in [0, 0.1) is 0 Å². The lowest BCUT2D eigenvalue weighted by Gasteiger charge is -2.28. The number of rotatable bonds is 4. The van der Waals surface area contributed by atoms with E-state index in [0.717, 1.165) is 9.80 Å². The first kappa shape index (κ1) is 17.7. The molecule has 1 aromatic rings. The molecule has 0 radical (unpaired) electrons. The van der Waals surface area contributed by atoms with Crippen molar-refractivity contribution in [1.82, 2.24) is 9.80 Å². The maximum atomic E-state index is 12.1. The molecule has 0 atom stereocenters. The van der Waals surface area contributed by atoms with E-state index >= 15 is 0 Å². The number of carbonyl (C=O) groups excluding carboxylic acids is 3. The van der Waals surface area contributed by atoms with Crippen LogP contribution >= 0.6 is 15.9 Å². The first-order valence-electron chi connectivity index (χ1n) is 6.68. The van der Waals surface area contributed by atoms with Crippen LogP contribution in [0.5, 0.6) is 5.75 Å². The molecular weight excluding hydrogens is 384 g/mol. The first-order valence-corrected chi connectivity index (χ1v) is 7.47. The highest BCUT2D eigenvalue weighted by atomic mass is 79.9. The molecule has 0 bridgehead atoms. The van der Waals surface area contributed by atoms with Gasteiger partial charge in [-0.2, -0.15) is 0 Å². The molecule has 1 N–H and O–H groups in total. The Kier molecular flexibility index (Phi) is 5.03. The molecule has 126 valence electrons. The van der Waals surface area contributed by atoms with Crippen molar-refractivity contribution in [3.05, 3.63) is 33.8 Å². The lowest BCUT2D eigenvalue weighted by atomic mass is 10.1. The molecule has 2 rings (SSSR count). The lowest BCUT2D eigenvalue weighted by molar-refractivity contribution is -0.139. The number of carbonyl (C=O) groups is 4. The number of hydrogen-bond donors (Lipinski definition) is 1. The fraction of sp³-hybridized carbons (Fsp3) is 0.200. The zero-order valence-electron chi connectivity index (χ0n) is 12.8. The van der Waals surface area contributed by atoms with E-state index in [-0.39, 0.29) is 5.57 Å². The number of halogens is 1. The molecule has 1 aromatic carbocycles. The van der Waals surface area contributed by atoms with Crippen LogP contribution in [0.15, 0.2) is 28.2 Å². The average Bonchev–Trinajstić information content (AvgIpc) is 2.54. The number of benzene rings is 1. The lowest BCUT2D eigenvalue weighted by Crippen LogP contribution is -2.52. The van der Waals surface area contributed by atoms with Crippen molar-refractivity contribution >= 4 is 45.8 Å². The van der Waals surface area contributed by atoms with Gasteiger partial charge in [0.05, 0.1) is 4.47 Å². The maximum absolute atomic E-state index is 12.1. The Morgan fingerprint density at radius 3 is 2.29 bits per heavy atom. The van der Waals surface area contributed by atoms with E-state index in [2.05, 4.69) is 15.9 Å². The first-order chi connectivity index (χ1) is 11.2. The number of carboxylic acid groups (broad SMARTS) is 1. The Balaban J connectivity index is 2.31. The molecule has 0 saturated carbocycles. The van der Waals surface area contributed by atoms with Crippen LogP contribution in [0.25, 0.3) is 6.08 Å². The summed E-state index contributed by atoms with van der Waals surface area (Å²) in [5, 5.41) is 8.60. The van der Waals surface area contributed by atoms with Crippen molar-refractivity contribution in [1.29, 1.82) is 0 Å².